The number of hydrogen-bond donors (Lipinski definition) is 3. The Morgan fingerprint density at radius 3 is 2.20 bits per heavy atom. The third-order valence-corrected chi connectivity index (χ3v) is 2.67. The van der Waals surface area contributed by atoms with Gasteiger partial charge in [-0.15, -0.1) is 0 Å². The highest BCUT2D eigenvalue weighted by Crippen LogP contribution is 2.02. The Labute approximate surface area is 119 Å². The molecule has 0 fully saturated rings. The first-order valence-electron chi connectivity index (χ1n) is 6.66. The van der Waals surface area contributed by atoms with Crippen molar-refractivity contribution in [3.05, 3.63) is 0 Å². The van der Waals surface area contributed by atoms with Gasteiger partial charge in [0.15, 0.2) is 0 Å². The van der Waals surface area contributed by atoms with Crippen LogP contribution in [0.5, 0.6) is 0 Å². The van der Waals surface area contributed by atoms with E-state index in [0.717, 1.165) is 0 Å². The van der Waals surface area contributed by atoms with Crippen molar-refractivity contribution in [3.8, 4) is 0 Å². The van der Waals surface area contributed by atoms with Crippen molar-refractivity contribution in [1.29, 1.82) is 0 Å². The molecular formula is C13H24N2O5. The molecule has 0 bridgehead atoms. The lowest BCUT2D eigenvalue weighted by Crippen LogP contribution is -2.42. The Hall–Kier alpha value is -1.63. The minimum absolute atomic E-state index is 0.0115. The van der Waals surface area contributed by atoms with Gasteiger partial charge in [0, 0.05) is 19.6 Å². The highest BCUT2D eigenvalue weighted by Gasteiger charge is 2.19. The van der Waals surface area contributed by atoms with E-state index in [9.17, 15) is 14.4 Å². The highest BCUT2D eigenvalue weighted by atomic mass is 16.4. The van der Waals surface area contributed by atoms with Crippen LogP contribution in [-0.2, 0) is 14.4 Å². The maximum absolute atomic E-state index is 11.7. The molecule has 1 unspecified atom stereocenters. The number of carboxylic acid groups (broad SMARTS) is 2. The second kappa shape index (κ2) is 9.30. The van der Waals surface area contributed by atoms with Gasteiger partial charge in [0.25, 0.3) is 0 Å². The highest BCUT2D eigenvalue weighted by molar-refractivity contribution is 5.78. The van der Waals surface area contributed by atoms with Crippen LogP contribution in [0.25, 0.3) is 0 Å². The minimum Gasteiger partial charge on any atom is -0.481 e. The van der Waals surface area contributed by atoms with E-state index < -0.39 is 17.9 Å². The van der Waals surface area contributed by atoms with Crippen LogP contribution in [0.2, 0.25) is 0 Å². The third-order valence-electron chi connectivity index (χ3n) is 2.67. The van der Waals surface area contributed by atoms with Crippen LogP contribution < -0.4 is 5.32 Å². The number of nitrogens with zero attached hydrogens (tertiary/aromatic N) is 1. The fraction of sp³-hybridized carbons (Fsp3) is 0.769. The van der Waals surface area contributed by atoms with E-state index >= 15 is 0 Å². The van der Waals surface area contributed by atoms with Crippen LogP contribution in [0.15, 0.2) is 0 Å². The van der Waals surface area contributed by atoms with Gasteiger partial charge in [-0.1, -0.05) is 20.8 Å². The number of carboxylic acids is 2. The SMILES string of the molecule is CC(C)CNC(=O)CN(CCC(=O)O)CC(C)C(=O)O. The summed E-state index contributed by atoms with van der Waals surface area (Å²) in [6.07, 6.45) is -0.121. The summed E-state index contributed by atoms with van der Waals surface area (Å²) in [5.74, 6) is -2.48. The van der Waals surface area contributed by atoms with E-state index in [4.69, 9.17) is 10.2 Å². The molecule has 7 nitrogen and oxygen atoms in total. The van der Waals surface area contributed by atoms with Gasteiger partial charge in [0.05, 0.1) is 18.9 Å². The fourth-order valence-corrected chi connectivity index (χ4v) is 1.53. The maximum atomic E-state index is 11.7. The van der Waals surface area contributed by atoms with Crippen molar-refractivity contribution in [2.24, 2.45) is 11.8 Å². The summed E-state index contributed by atoms with van der Waals surface area (Å²) in [7, 11) is 0. The summed E-state index contributed by atoms with van der Waals surface area (Å²) in [6.45, 7) is 6.32. The molecule has 0 saturated heterocycles. The predicted molar refractivity (Wildman–Crippen MR) is 73.3 cm³/mol. The standard InChI is InChI=1S/C13H24N2O5/c1-9(2)6-14-11(16)8-15(5-4-12(17)18)7-10(3)13(19)20/h9-10H,4-8H2,1-3H3,(H,14,16)(H,17,18)(H,19,20). The summed E-state index contributed by atoms with van der Waals surface area (Å²) in [5, 5.41) is 20.3. The normalized spacial score (nSPS) is 12.4. The summed E-state index contributed by atoms with van der Waals surface area (Å²) in [6, 6.07) is 0. The Bertz CT molecular complexity index is 344. The van der Waals surface area contributed by atoms with Crippen molar-refractivity contribution in [2.75, 3.05) is 26.2 Å². The van der Waals surface area contributed by atoms with Gasteiger partial charge >= 0.3 is 11.9 Å². The summed E-state index contributed by atoms with van der Waals surface area (Å²) < 4.78 is 0. The molecule has 0 spiro atoms. The van der Waals surface area contributed by atoms with Gasteiger partial charge in [0.1, 0.15) is 0 Å². The molecule has 0 aromatic heterocycles. The summed E-state index contributed by atoms with van der Waals surface area (Å²) >= 11 is 0. The fourth-order valence-electron chi connectivity index (χ4n) is 1.53. The average molecular weight is 288 g/mol. The topological polar surface area (TPSA) is 107 Å². The van der Waals surface area contributed by atoms with E-state index in [1.807, 2.05) is 13.8 Å². The second-order valence-corrected chi connectivity index (χ2v) is 5.32. The van der Waals surface area contributed by atoms with Crippen molar-refractivity contribution >= 4 is 17.8 Å². The van der Waals surface area contributed by atoms with Gasteiger partial charge < -0.3 is 15.5 Å². The van der Waals surface area contributed by atoms with E-state index in [1.165, 1.54) is 6.92 Å². The first-order valence-corrected chi connectivity index (χ1v) is 6.66. The molecule has 0 aliphatic heterocycles. The van der Waals surface area contributed by atoms with E-state index in [0.29, 0.717) is 12.5 Å². The Kier molecular flexibility index (Phi) is 8.54. The maximum Gasteiger partial charge on any atom is 0.307 e. The number of carbonyl (C=O) groups excluding carboxylic acids is 1. The largest absolute Gasteiger partial charge is 0.481 e. The van der Waals surface area contributed by atoms with Crippen LogP contribution in [0.3, 0.4) is 0 Å². The predicted octanol–water partition coefficient (Wildman–Crippen LogP) is 0.256. The van der Waals surface area contributed by atoms with Gasteiger partial charge in [-0.2, -0.15) is 0 Å². The summed E-state index contributed by atoms with van der Waals surface area (Å²) in [5.41, 5.74) is 0. The number of nitrogens with one attached hydrogen (secondary N) is 1. The Morgan fingerprint density at radius 2 is 1.75 bits per heavy atom. The number of hydrogen-bond acceptors (Lipinski definition) is 4. The minimum atomic E-state index is -0.972. The lowest BCUT2D eigenvalue weighted by atomic mass is 10.1. The van der Waals surface area contributed by atoms with Gasteiger partial charge in [-0.3, -0.25) is 19.3 Å². The average Bonchev–Trinajstić information content (AvgIpc) is 2.33. The van der Waals surface area contributed by atoms with Crippen LogP contribution in [0.1, 0.15) is 27.2 Å². The summed E-state index contributed by atoms with van der Waals surface area (Å²) in [4.78, 5) is 34.7. The number of aliphatic carboxylic acids is 2. The molecule has 0 saturated carbocycles. The monoisotopic (exact) mass is 288 g/mol. The van der Waals surface area contributed by atoms with Crippen molar-refractivity contribution < 1.29 is 24.6 Å². The molecule has 0 heterocycles. The third kappa shape index (κ3) is 9.32. The first-order chi connectivity index (χ1) is 9.22. The number of rotatable bonds is 10. The van der Waals surface area contributed by atoms with Crippen LogP contribution in [0.4, 0.5) is 0 Å². The molecule has 116 valence electrons. The second-order valence-electron chi connectivity index (χ2n) is 5.32. The molecule has 0 radical (unpaired) electrons. The molecule has 0 aromatic carbocycles. The number of amides is 1. The van der Waals surface area contributed by atoms with Crippen molar-refractivity contribution in [3.63, 3.8) is 0 Å². The van der Waals surface area contributed by atoms with E-state index in [-0.39, 0.29) is 32.0 Å². The molecule has 1 amide bonds. The Balaban J connectivity index is 4.39. The molecule has 1 atom stereocenters. The molecule has 0 aliphatic carbocycles. The van der Waals surface area contributed by atoms with Crippen LogP contribution in [-0.4, -0.2) is 59.1 Å². The smallest absolute Gasteiger partial charge is 0.307 e. The quantitative estimate of drug-likeness (QED) is 0.532. The molecule has 0 aliphatic rings. The molecule has 20 heavy (non-hydrogen) atoms. The Morgan fingerprint density at radius 1 is 1.15 bits per heavy atom. The molecule has 0 aromatic rings. The van der Waals surface area contributed by atoms with Crippen LogP contribution in [0, 0.1) is 11.8 Å². The number of carbonyl (C=O) groups is 3. The van der Waals surface area contributed by atoms with Gasteiger partial charge in [-0.05, 0) is 5.92 Å². The molecular weight excluding hydrogens is 264 g/mol. The molecule has 0 rings (SSSR count). The zero-order valence-electron chi connectivity index (χ0n) is 12.3. The first kappa shape index (κ1) is 18.4. The van der Waals surface area contributed by atoms with Gasteiger partial charge in [0.2, 0.25) is 5.91 Å². The zero-order chi connectivity index (χ0) is 15.7. The lowest BCUT2D eigenvalue weighted by Gasteiger charge is -2.23. The van der Waals surface area contributed by atoms with E-state index in [2.05, 4.69) is 5.32 Å². The van der Waals surface area contributed by atoms with Gasteiger partial charge in [-0.25, -0.2) is 0 Å². The van der Waals surface area contributed by atoms with E-state index in [1.54, 1.807) is 4.90 Å². The molecule has 3 N–H and O–H groups in total. The van der Waals surface area contributed by atoms with Crippen molar-refractivity contribution in [1.82, 2.24) is 10.2 Å². The zero-order valence-corrected chi connectivity index (χ0v) is 12.3. The molecule has 7 heteroatoms. The van der Waals surface area contributed by atoms with Crippen molar-refractivity contribution in [2.45, 2.75) is 27.2 Å². The lowest BCUT2D eigenvalue weighted by molar-refractivity contribution is -0.142. The van der Waals surface area contributed by atoms with Crippen LogP contribution >= 0.6 is 0 Å².